The normalized spacial score (nSPS) is 10.7. The molecule has 0 amide bonds. The maximum Gasteiger partial charge on any atom is 0.142 e. The van der Waals surface area contributed by atoms with E-state index in [1.807, 2.05) is 54.6 Å². The number of hydrogen-bond acceptors (Lipinski definition) is 3. The Morgan fingerprint density at radius 1 is 0.963 bits per heavy atom. The van der Waals surface area contributed by atoms with Crippen molar-refractivity contribution in [3.8, 4) is 34.3 Å². The zero-order chi connectivity index (χ0) is 18.8. The summed E-state index contributed by atoms with van der Waals surface area (Å²) in [5.74, 6) is 1.65. The summed E-state index contributed by atoms with van der Waals surface area (Å²) in [4.78, 5) is 0. The minimum absolute atomic E-state index is 0.649. The highest BCUT2D eigenvalue weighted by Crippen LogP contribution is 2.39. The topological polar surface area (TPSA) is 46.2 Å². The second-order valence-corrected chi connectivity index (χ2v) is 6.37. The number of methoxy groups -OCH3 is 1. The molecule has 0 unspecified atom stereocenters. The molecule has 3 heteroatoms. The van der Waals surface area contributed by atoms with Crippen LogP contribution in [0.5, 0.6) is 5.75 Å². The van der Waals surface area contributed by atoms with E-state index in [0.29, 0.717) is 5.56 Å². The van der Waals surface area contributed by atoms with E-state index in [9.17, 15) is 0 Å². The highest BCUT2D eigenvalue weighted by molar-refractivity contribution is 5.91. The second kappa shape index (κ2) is 7.01. The number of nitrogens with zero attached hydrogens (tertiary/aromatic N) is 1. The Morgan fingerprint density at radius 3 is 2.56 bits per heavy atom. The van der Waals surface area contributed by atoms with Crippen molar-refractivity contribution in [3.05, 3.63) is 77.9 Å². The van der Waals surface area contributed by atoms with E-state index in [2.05, 4.69) is 25.1 Å². The van der Waals surface area contributed by atoms with E-state index < -0.39 is 0 Å². The lowest BCUT2D eigenvalue weighted by Crippen LogP contribution is -1.89. The first kappa shape index (κ1) is 16.9. The van der Waals surface area contributed by atoms with Gasteiger partial charge in [0.1, 0.15) is 17.1 Å². The van der Waals surface area contributed by atoms with Crippen LogP contribution in [-0.4, -0.2) is 7.11 Å². The monoisotopic (exact) mass is 353 g/mol. The van der Waals surface area contributed by atoms with Gasteiger partial charge in [-0.15, -0.1) is 0 Å². The van der Waals surface area contributed by atoms with Gasteiger partial charge in [-0.3, -0.25) is 0 Å². The molecule has 0 aliphatic rings. The molecule has 1 aromatic heterocycles. The quantitative estimate of drug-likeness (QED) is 0.438. The fourth-order valence-electron chi connectivity index (χ4n) is 3.50. The smallest absolute Gasteiger partial charge is 0.142 e. The van der Waals surface area contributed by atoms with Crippen LogP contribution in [0.2, 0.25) is 0 Å². The SMILES string of the molecule is CCc1c(-c2ccccc2OC)oc2cc(-c3cccc(C#N)c3)ccc12. The van der Waals surface area contributed by atoms with Crippen LogP contribution in [0, 0.1) is 11.3 Å². The fourth-order valence-corrected chi connectivity index (χ4v) is 3.50. The summed E-state index contributed by atoms with van der Waals surface area (Å²) >= 11 is 0. The van der Waals surface area contributed by atoms with Crippen molar-refractivity contribution in [3.63, 3.8) is 0 Å². The molecule has 0 atom stereocenters. The maximum atomic E-state index is 9.15. The standard InChI is InChI=1S/C24H19NO2/c1-3-19-20-12-11-18(17-8-6-7-16(13-17)15-25)14-23(20)27-24(19)21-9-4-5-10-22(21)26-2/h4-14H,3H2,1-2H3. The molecular weight excluding hydrogens is 334 g/mol. The maximum absolute atomic E-state index is 9.15. The first-order chi connectivity index (χ1) is 13.2. The average molecular weight is 353 g/mol. The van der Waals surface area contributed by atoms with Gasteiger partial charge >= 0.3 is 0 Å². The lowest BCUT2D eigenvalue weighted by Gasteiger charge is -2.07. The molecular formula is C24H19NO2. The number of para-hydroxylation sites is 1. The number of ether oxygens (including phenoxy) is 1. The summed E-state index contributed by atoms with van der Waals surface area (Å²) in [5.41, 5.74) is 5.66. The van der Waals surface area contributed by atoms with Crippen molar-refractivity contribution in [2.24, 2.45) is 0 Å². The Kier molecular flexibility index (Phi) is 4.40. The molecule has 0 spiro atoms. The predicted molar refractivity (Wildman–Crippen MR) is 108 cm³/mol. The molecule has 3 aromatic carbocycles. The van der Waals surface area contributed by atoms with Gasteiger partial charge in [0.15, 0.2) is 0 Å². The molecule has 0 bridgehead atoms. The number of benzene rings is 3. The Hall–Kier alpha value is -3.51. The summed E-state index contributed by atoms with van der Waals surface area (Å²) in [7, 11) is 1.67. The Balaban J connectivity index is 1.89. The molecule has 1 heterocycles. The minimum Gasteiger partial charge on any atom is -0.496 e. The summed E-state index contributed by atoms with van der Waals surface area (Å²) in [6.07, 6.45) is 0.865. The van der Waals surface area contributed by atoms with Gasteiger partial charge in [0.25, 0.3) is 0 Å². The van der Waals surface area contributed by atoms with Crippen molar-refractivity contribution in [1.29, 1.82) is 5.26 Å². The summed E-state index contributed by atoms with van der Waals surface area (Å²) in [5, 5.41) is 10.3. The van der Waals surface area contributed by atoms with E-state index in [1.54, 1.807) is 7.11 Å². The van der Waals surface area contributed by atoms with Crippen LogP contribution in [0.4, 0.5) is 0 Å². The zero-order valence-corrected chi connectivity index (χ0v) is 15.3. The Bertz CT molecular complexity index is 1160. The molecule has 3 nitrogen and oxygen atoms in total. The summed E-state index contributed by atoms with van der Waals surface area (Å²) in [6, 6.07) is 23.9. The van der Waals surface area contributed by atoms with Crippen LogP contribution in [-0.2, 0) is 6.42 Å². The lowest BCUT2D eigenvalue weighted by molar-refractivity contribution is 0.415. The van der Waals surface area contributed by atoms with E-state index >= 15 is 0 Å². The molecule has 4 rings (SSSR count). The number of nitriles is 1. The van der Waals surface area contributed by atoms with E-state index in [4.69, 9.17) is 14.4 Å². The summed E-state index contributed by atoms with van der Waals surface area (Å²) in [6.45, 7) is 2.13. The number of aryl methyl sites for hydroxylation is 1. The molecule has 0 saturated carbocycles. The van der Waals surface area contributed by atoms with E-state index in [0.717, 1.165) is 45.6 Å². The van der Waals surface area contributed by atoms with Crippen LogP contribution >= 0.6 is 0 Å². The molecule has 0 aliphatic heterocycles. The Morgan fingerprint density at radius 2 is 1.78 bits per heavy atom. The molecule has 0 N–H and O–H groups in total. The molecule has 0 fully saturated rings. The third-order valence-electron chi connectivity index (χ3n) is 4.82. The first-order valence-electron chi connectivity index (χ1n) is 8.94. The third kappa shape index (κ3) is 2.96. The van der Waals surface area contributed by atoms with Crippen molar-refractivity contribution in [2.75, 3.05) is 7.11 Å². The van der Waals surface area contributed by atoms with Crippen molar-refractivity contribution < 1.29 is 9.15 Å². The van der Waals surface area contributed by atoms with Gasteiger partial charge in [-0.05, 0) is 47.9 Å². The third-order valence-corrected chi connectivity index (χ3v) is 4.82. The Labute approximate surface area is 158 Å². The molecule has 0 radical (unpaired) electrons. The number of rotatable bonds is 4. The first-order valence-corrected chi connectivity index (χ1v) is 8.94. The minimum atomic E-state index is 0.649. The molecule has 0 aliphatic carbocycles. The van der Waals surface area contributed by atoms with Gasteiger partial charge < -0.3 is 9.15 Å². The molecule has 27 heavy (non-hydrogen) atoms. The second-order valence-electron chi connectivity index (χ2n) is 6.37. The fraction of sp³-hybridized carbons (Fsp3) is 0.125. The predicted octanol–water partition coefficient (Wildman–Crippen LogP) is 6.21. The van der Waals surface area contributed by atoms with Crippen LogP contribution in [0.15, 0.2) is 71.1 Å². The number of furan rings is 1. The van der Waals surface area contributed by atoms with Crippen molar-refractivity contribution in [2.45, 2.75) is 13.3 Å². The van der Waals surface area contributed by atoms with Gasteiger partial charge in [-0.25, -0.2) is 0 Å². The van der Waals surface area contributed by atoms with Crippen LogP contribution in [0.1, 0.15) is 18.1 Å². The van der Waals surface area contributed by atoms with Crippen LogP contribution in [0.25, 0.3) is 33.4 Å². The van der Waals surface area contributed by atoms with E-state index in [-0.39, 0.29) is 0 Å². The summed E-state index contributed by atoms with van der Waals surface area (Å²) < 4.78 is 11.8. The van der Waals surface area contributed by atoms with Crippen LogP contribution in [0.3, 0.4) is 0 Å². The van der Waals surface area contributed by atoms with Gasteiger partial charge in [0, 0.05) is 10.9 Å². The largest absolute Gasteiger partial charge is 0.496 e. The van der Waals surface area contributed by atoms with Gasteiger partial charge in [-0.2, -0.15) is 5.26 Å². The number of fused-ring (bicyclic) bond motifs is 1. The average Bonchev–Trinajstić information content (AvgIpc) is 3.11. The van der Waals surface area contributed by atoms with Crippen molar-refractivity contribution in [1.82, 2.24) is 0 Å². The van der Waals surface area contributed by atoms with Gasteiger partial charge in [0.05, 0.1) is 24.3 Å². The van der Waals surface area contributed by atoms with E-state index in [1.165, 1.54) is 5.56 Å². The molecule has 0 saturated heterocycles. The molecule has 4 aromatic rings. The zero-order valence-electron chi connectivity index (χ0n) is 15.3. The van der Waals surface area contributed by atoms with Gasteiger partial charge in [0.2, 0.25) is 0 Å². The van der Waals surface area contributed by atoms with Crippen LogP contribution < -0.4 is 4.74 Å². The highest BCUT2D eigenvalue weighted by Gasteiger charge is 2.18. The highest BCUT2D eigenvalue weighted by atomic mass is 16.5. The van der Waals surface area contributed by atoms with Crippen molar-refractivity contribution >= 4 is 11.0 Å². The number of hydrogen-bond donors (Lipinski definition) is 0. The lowest BCUT2D eigenvalue weighted by atomic mass is 9.99. The molecule has 132 valence electrons. The van der Waals surface area contributed by atoms with Gasteiger partial charge in [-0.1, -0.05) is 43.3 Å².